The van der Waals surface area contributed by atoms with Crippen molar-refractivity contribution in [3.05, 3.63) is 0 Å². The first-order valence-electron chi connectivity index (χ1n) is 6.60. The molecule has 1 atom stereocenters. The second kappa shape index (κ2) is 6.47. The Morgan fingerprint density at radius 3 is 2.55 bits per heavy atom. The number of hydrogen-bond donors (Lipinski definition) is 2. The number of ether oxygens (including phenoxy) is 1. The molecule has 1 aliphatic heterocycles. The lowest BCUT2D eigenvalue weighted by Crippen LogP contribution is -2.51. The van der Waals surface area contributed by atoms with E-state index >= 15 is 0 Å². The maximum Gasteiger partial charge on any atom is 0.408 e. The van der Waals surface area contributed by atoms with E-state index in [1.807, 2.05) is 18.7 Å². The van der Waals surface area contributed by atoms with E-state index < -0.39 is 11.7 Å². The number of nitrogens with one attached hydrogen (secondary N) is 1. The molecule has 0 spiro atoms. The lowest BCUT2D eigenvalue weighted by Gasteiger charge is -2.34. The van der Waals surface area contributed by atoms with Gasteiger partial charge in [0.2, 0.25) is 5.91 Å². The Morgan fingerprint density at radius 2 is 2.05 bits per heavy atom. The van der Waals surface area contributed by atoms with Crippen LogP contribution in [-0.4, -0.2) is 51.5 Å². The average Bonchev–Trinajstić information content (AvgIpc) is 2.59. The van der Waals surface area contributed by atoms with Crippen molar-refractivity contribution in [3.8, 4) is 0 Å². The van der Waals surface area contributed by atoms with Crippen molar-refractivity contribution in [3.63, 3.8) is 0 Å². The molecule has 0 aromatic rings. The zero-order valence-corrected chi connectivity index (χ0v) is 14.4. The topological polar surface area (TPSA) is 58.6 Å². The van der Waals surface area contributed by atoms with Crippen LogP contribution >= 0.6 is 24.4 Å². The number of thiol groups is 1. The lowest BCUT2D eigenvalue weighted by molar-refractivity contribution is -0.133. The predicted octanol–water partition coefficient (Wildman–Crippen LogP) is 2.12. The quantitative estimate of drug-likeness (QED) is 0.782. The summed E-state index contributed by atoms with van der Waals surface area (Å²) in [6.45, 7) is 9.31. The Balaban J connectivity index is 2.56. The molecule has 1 N–H and O–H groups in total. The highest BCUT2D eigenvalue weighted by molar-refractivity contribution is 8.00. The first-order chi connectivity index (χ1) is 9.07. The van der Waals surface area contributed by atoms with Gasteiger partial charge in [-0.1, -0.05) is 0 Å². The van der Waals surface area contributed by atoms with Crippen molar-refractivity contribution in [2.45, 2.75) is 51.1 Å². The van der Waals surface area contributed by atoms with Gasteiger partial charge in [-0.05, 0) is 34.6 Å². The minimum atomic E-state index is -0.571. The molecular weight excluding hydrogens is 296 g/mol. The van der Waals surface area contributed by atoms with Crippen molar-refractivity contribution in [1.29, 1.82) is 0 Å². The van der Waals surface area contributed by atoms with Gasteiger partial charge in [0.25, 0.3) is 0 Å². The first-order valence-corrected chi connectivity index (χ1v) is 8.22. The van der Waals surface area contributed by atoms with Crippen molar-refractivity contribution >= 4 is 36.4 Å². The smallest absolute Gasteiger partial charge is 0.408 e. The summed E-state index contributed by atoms with van der Waals surface area (Å²) in [5.41, 5.74) is -0.566. The van der Waals surface area contributed by atoms with E-state index in [9.17, 15) is 9.59 Å². The van der Waals surface area contributed by atoms with Crippen LogP contribution in [0.4, 0.5) is 4.79 Å². The maximum atomic E-state index is 12.3. The number of alkyl carbamates (subject to hydrolysis) is 1. The van der Waals surface area contributed by atoms with E-state index in [-0.39, 0.29) is 23.4 Å². The predicted molar refractivity (Wildman–Crippen MR) is 85.3 cm³/mol. The van der Waals surface area contributed by atoms with Gasteiger partial charge in [-0.15, -0.1) is 11.8 Å². The molecule has 5 nitrogen and oxygen atoms in total. The normalized spacial score (nSPS) is 21.7. The number of rotatable bonds is 3. The van der Waals surface area contributed by atoms with Crippen LogP contribution in [0.3, 0.4) is 0 Å². The van der Waals surface area contributed by atoms with E-state index in [0.717, 1.165) is 5.75 Å². The Hall–Kier alpha value is -0.560. The molecule has 1 heterocycles. The van der Waals surface area contributed by atoms with E-state index in [1.54, 1.807) is 32.5 Å². The first kappa shape index (κ1) is 17.5. The van der Waals surface area contributed by atoms with E-state index in [1.165, 1.54) is 0 Å². The molecule has 1 fully saturated rings. The SMILES string of the molecule is CC(C)(C)OC(=O)NCC(=O)N1[C@@H](CS)CSC1(C)C. The van der Waals surface area contributed by atoms with E-state index in [4.69, 9.17) is 4.74 Å². The summed E-state index contributed by atoms with van der Waals surface area (Å²) in [5, 5.41) is 2.51. The summed E-state index contributed by atoms with van der Waals surface area (Å²) in [4.78, 5) is 25.4. The molecular formula is C13H24N2O3S2. The molecule has 0 bridgehead atoms. The number of thioether (sulfide) groups is 1. The second-order valence-electron chi connectivity index (χ2n) is 6.21. The fraction of sp³-hybridized carbons (Fsp3) is 0.846. The van der Waals surface area contributed by atoms with Crippen LogP contribution in [0.1, 0.15) is 34.6 Å². The highest BCUT2D eigenvalue weighted by Gasteiger charge is 2.42. The molecule has 2 amide bonds. The molecule has 20 heavy (non-hydrogen) atoms. The molecule has 0 unspecified atom stereocenters. The summed E-state index contributed by atoms with van der Waals surface area (Å²) in [5.74, 6) is 1.38. The minimum absolute atomic E-state index is 0.0524. The second-order valence-corrected chi connectivity index (χ2v) is 8.20. The van der Waals surface area contributed by atoms with Gasteiger partial charge in [0.15, 0.2) is 0 Å². The number of carbonyl (C=O) groups excluding carboxylic acids is 2. The highest BCUT2D eigenvalue weighted by Crippen LogP contribution is 2.39. The highest BCUT2D eigenvalue weighted by atomic mass is 32.2. The van der Waals surface area contributed by atoms with Crippen molar-refractivity contribution in [1.82, 2.24) is 10.2 Å². The summed E-state index contributed by atoms with van der Waals surface area (Å²) in [6, 6.07) is 0.103. The fourth-order valence-electron chi connectivity index (χ4n) is 2.07. The van der Waals surface area contributed by atoms with Gasteiger partial charge in [-0.3, -0.25) is 4.79 Å². The van der Waals surface area contributed by atoms with Gasteiger partial charge in [-0.2, -0.15) is 12.6 Å². The van der Waals surface area contributed by atoms with E-state index in [2.05, 4.69) is 17.9 Å². The summed E-state index contributed by atoms with van der Waals surface area (Å²) < 4.78 is 5.11. The number of hydrogen-bond acceptors (Lipinski definition) is 5. The third-order valence-corrected chi connectivity index (χ3v) is 4.71. The van der Waals surface area contributed by atoms with Gasteiger partial charge in [0, 0.05) is 11.5 Å². The summed E-state index contributed by atoms with van der Waals surface area (Å²) >= 11 is 6.02. The number of carbonyl (C=O) groups is 2. The summed E-state index contributed by atoms with van der Waals surface area (Å²) in [7, 11) is 0. The molecule has 0 aromatic heterocycles. The lowest BCUT2D eigenvalue weighted by atomic mass is 10.2. The zero-order chi connectivity index (χ0) is 15.6. The third kappa shape index (κ3) is 4.77. The Labute approximate surface area is 130 Å². The number of amides is 2. The largest absolute Gasteiger partial charge is 0.444 e. The molecule has 0 radical (unpaired) electrons. The maximum absolute atomic E-state index is 12.3. The molecule has 0 aliphatic carbocycles. The van der Waals surface area contributed by atoms with Gasteiger partial charge in [0.05, 0.1) is 10.9 Å². The number of nitrogens with zero attached hydrogens (tertiary/aromatic N) is 1. The van der Waals surface area contributed by atoms with Crippen molar-refractivity contribution < 1.29 is 14.3 Å². The standard InChI is InChI=1S/C13H24N2O3S2/c1-12(2,3)18-11(17)14-6-10(16)15-9(7-19)8-20-13(15,4)5/h9,19H,6-8H2,1-5H3,(H,14,17)/t9-/m0/s1. The molecule has 1 rings (SSSR count). The van der Waals surface area contributed by atoms with Gasteiger partial charge in [0.1, 0.15) is 12.1 Å². The van der Waals surface area contributed by atoms with Crippen LogP contribution in [0, 0.1) is 0 Å². The van der Waals surface area contributed by atoms with Crippen LogP contribution in [0.15, 0.2) is 0 Å². The van der Waals surface area contributed by atoms with Gasteiger partial charge < -0.3 is 15.0 Å². The molecule has 1 saturated heterocycles. The molecule has 7 heteroatoms. The van der Waals surface area contributed by atoms with Crippen LogP contribution < -0.4 is 5.32 Å². The molecule has 116 valence electrons. The van der Waals surface area contributed by atoms with Gasteiger partial charge in [-0.25, -0.2) is 4.79 Å². The van der Waals surface area contributed by atoms with Crippen LogP contribution in [0.5, 0.6) is 0 Å². The Kier molecular flexibility index (Phi) is 5.66. The van der Waals surface area contributed by atoms with Crippen LogP contribution in [0.25, 0.3) is 0 Å². The van der Waals surface area contributed by atoms with Gasteiger partial charge >= 0.3 is 6.09 Å². The van der Waals surface area contributed by atoms with E-state index in [0.29, 0.717) is 5.75 Å². The molecule has 0 saturated carbocycles. The average molecular weight is 320 g/mol. The molecule has 1 aliphatic rings. The van der Waals surface area contributed by atoms with Crippen LogP contribution in [0.2, 0.25) is 0 Å². The van der Waals surface area contributed by atoms with Crippen LogP contribution in [-0.2, 0) is 9.53 Å². The van der Waals surface area contributed by atoms with Crippen molar-refractivity contribution in [2.75, 3.05) is 18.1 Å². The van der Waals surface area contributed by atoms with Crippen molar-refractivity contribution in [2.24, 2.45) is 0 Å². The third-order valence-electron chi connectivity index (χ3n) is 2.84. The Bertz CT molecular complexity index is 380. The summed E-state index contributed by atoms with van der Waals surface area (Å²) in [6.07, 6.45) is -0.571. The molecule has 0 aromatic carbocycles. The minimum Gasteiger partial charge on any atom is -0.444 e. The zero-order valence-electron chi connectivity index (χ0n) is 12.7. The fourth-order valence-corrected chi connectivity index (χ4v) is 3.79. The monoisotopic (exact) mass is 320 g/mol. The Morgan fingerprint density at radius 1 is 1.45 bits per heavy atom.